The number of hydrogen-bond acceptors (Lipinski definition) is 4. The van der Waals surface area contributed by atoms with Crippen LogP contribution in [0, 0.1) is 12.8 Å². The molecule has 21 heavy (non-hydrogen) atoms. The summed E-state index contributed by atoms with van der Waals surface area (Å²) in [7, 11) is -2.19. The van der Waals surface area contributed by atoms with Gasteiger partial charge < -0.3 is 10.5 Å². The molecule has 120 valence electrons. The highest BCUT2D eigenvalue weighted by atomic mass is 32.2. The number of anilines is 1. The number of sulfonamides is 1. The fourth-order valence-corrected chi connectivity index (χ4v) is 3.48. The Morgan fingerprint density at radius 2 is 1.86 bits per heavy atom. The number of nitrogens with two attached hydrogens (primary N) is 1. The van der Waals surface area contributed by atoms with Gasteiger partial charge in [-0.05, 0) is 50.3 Å². The minimum atomic E-state index is -3.64. The van der Waals surface area contributed by atoms with E-state index in [1.54, 1.807) is 6.07 Å². The van der Waals surface area contributed by atoms with Gasteiger partial charge in [-0.25, -0.2) is 13.1 Å². The van der Waals surface area contributed by atoms with Gasteiger partial charge in [0.05, 0.1) is 7.11 Å². The lowest BCUT2D eigenvalue weighted by Gasteiger charge is -2.17. The summed E-state index contributed by atoms with van der Waals surface area (Å²) in [5.41, 5.74) is 7.05. The zero-order valence-corrected chi connectivity index (χ0v) is 14.3. The Bertz CT molecular complexity index is 583. The molecule has 3 N–H and O–H groups in total. The van der Waals surface area contributed by atoms with Crippen LogP contribution in [0.25, 0.3) is 0 Å². The third kappa shape index (κ3) is 4.89. The van der Waals surface area contributed by atoms with E-state index in [0.29, 0.717) is 17.4 Å². The normalized spacial score (nSPS) is 13.4. The molecule has 6 heteroatoms. The number of nitrogens with one attached hydrogen (secondary N) is 1. The van der Waals surface area contributed by atoms with Gasteiger partial charge in [0.25, 0.3) is 0 Å². The smallest absolute Gasteiger partial charge is 0.244 e. The molecule has 1 aromatic rings. The summed E-state index contributed by atoms with van der Waals surface area (Å²) in [5.74, 6) is 0.853. The maximum absolute atomic E-state index is 12.5. The summed E-state index contributed by atoms with van der Waals surface area (Å²) < 4.78 is 32.8. The molecular weight excluding hydrogens is 288 g/mol. The van der Waals surface area contributed by atoms with Gasteiger partial charge in [-0.2, -0.15) is 0 Å². The van der Waals surface area contributed by atoms with Crippen molar-refractivity contribution in [1.82, 2.24) is 4.72 Å². The van der Waals surface area contributed by atoms with Gasteiger partial charge in [0.2, 0.25) is 10.0 Å². The van der Waals surface area contributed by atoms with Gasteiger partial charge >= 0.3 is 0 Å². The van der Waals surface area contributed by atoms with E-state index in [-0.39, 0.29) is 10.9 Å². The monoisotopic (exact) mass is 314 g/mol. The first-order valence-electron chi connectivity index (χ1n) is 7.13. The molecule has 0 spiro atoms. The van der Waals surface area contributed by atoms with Crippen molar-refractivity contribution in [3.8, 4) is 5.75 Å². The van der Waals surface area contributed by atoms with Gasteiger partial charge in [0, 0.05) is 11.7 Å². The first kappa shape index (κ1) is 17.8. The van der Waals surface area contributed by atoms with Crippen molar-refractivity contribution in [2.45, 2.75) is 51.5 Å². The third-order valence-corrected chi connectivity index (χ3v) is 4.99. The first-order chi connectivity index (χ1) is 9.67. The van der Waals surface area contributed by atoms with Crippen molar-refractivity contribution < 1.29 is 13.2 Å². The van der Waals surface area contributed by atoms with Crippen molar-refractivity contribution in [2.24, 2.45) is 5.92 Å². The molecule has 0 heterocycles. The molecule has 0 bridgehead atoms. The SMILES string of the molecule is COc1cc(C)c(N)cc1S(=O)(=O)NC(C)CCC(C)C. The predicted molar refractivity (Wildman–Crippen MR) is 86.0 cm³/mol. The molecule has 0 aliphatic heterocycles. The predicted octanol–water partition coefficient (Wildman–Crippen LogP) is 2.69. The van der Waals surface area contributed by atoms with E-state index in [1.165, 1.54) is 13.2 Å². The highest BCUT2D eigenvalue weighted by molar-refractivity contribution is 7.89. The van der Waals surface area contributed by atoms with Gasteiger partial charge in [0.1, 0.15) is 10.6 Å². The molecule has 0 saturated carbocycles. The highest BCUT2D eigenvalue weighted by Crippen LogP contribution is 2.29. The number of nitrogen functional groups attached to an aromatic ring is 1. The molecule has 0 fully saturated rings. The van der Waals surface area contributed by atoms with E-state index in [9.17, 15) is 8.42 Å². The second-order valence-corrected chi connectivity index (χ2v) is 7.54. The minimum absolute atomic E-state index is 0.0875. The van der Waals surface area contributed by atoms with E-state index in [0.717, 1.165) is 18.4 Å². The number of benzene rings is 1. The lowest BCUT2D eigenvalue weighted by molar-refractivity contribution is 0.401. The van der Waals surface area contributed by atoms with Gasteiger partial charge in [-0.3, -0.25) is 0 Å². The zero-order chi connectivity index (χ0) is 16.2. The molecule has 0 aromatic heterocycles. The summed E-state index contributed by atoms with van der Waals surface area (Å²) in [6, 6.07) is 2.96. The quantitative estimate of drug-likeness (QED) is 0.758. The lowest BCUT2D eigenvalue weighted by Crippen LogP contribution is -2.33. The van der Waals surface area contributed by atoms with E-state index in [1.807, 2.05) is 13.8 Å². The number of hydrogen-bond donors (Lipinski definition) is 2. The van der Waals surface area contributed by atoms with Crippen molar-refractivity contribution in [3.63, 3.8) is 0 Å². The fraction of sp³-hybridized carbons (Fsp3) is 0.600. The second kappa shape index (κ2) is 7.13. The average Bonchev–Trinajstić information content (AvgIpc) is 2.38. The Morgan fingerprint density at radius 3 is 2.38 bits per heavy atom. The van der Waals surface area contributed by atoms with Gasteiger partial charge in [-0.1, -0.05) is 13.8 Å². The maximum atomic E-state index is 12.5. The van der Waals surface area contributed by atoms with Crippen LogP contribution in [0.2, 0.25) is 0 Å². The minimum Gasteiger partial charge on any atom is -0.495 e. The molecule has 1 rings (SSSR count). The maximum Gasteiger partial charge on any atom is 0.244 e. The molecular formula is C15H26N2O3S. The largest absolute Gasteiger partial charge is 0.495 e. The summed E-state index contributed by atoms with van der Waals surface area (Å²) in [6.45, 7) is 7.91. The second-order valence-electron chi connectivity index (χ2n) is 5.85. The molecule has 0 saturated heterocycles. The van der Waals surface area contributed by atoms with E-state index in [4.69, 9.17) is 10.5 Å². The Balaban J connectivity index is 3.00. The summed E-state index contributed by atoms with van der Waals surface area (Å²) >= 11 is 0. The van der Waals surface area contributed by atoms with Crippen LogP contribution in [0.3, 0.4) is 0 Å². The molecule has 0 aliphatic carbocycles. The number of aryl methyl sites for hydroxylation is 1. The molecule has 0 amide bonds. The average molecular weight is 314 g/mol. The van der Waals surface area contributed by atoms with Crippen LogP contribution in [0.15, 0.2) is 17.0 Å². The van der Waals surface area contributed by atoms with Crippen LogP contribution in [0.1, 0.15) is 39.2 Å². The summed E-state index contributed by atoms with van der Waals surface area (Å²) in [4.78, 5) is 0.0875. The Labute approximate surface area is 127 Å². The van der Waals surface area contributed by atoms with E-state index >= 15 is 0 Å². The number of rotatable bonds is 7. The molecule has 1 atom stereocenters. The number of methoxy groups -OCH3 is 1. The first-order valence-corrected chi connectivity index (χ1v) is 8.62. The van der Waals surface area contributed by atoms with Crippen LogP contribution in [0.4, 0.5) is 5.69 Å². The van der Waals surface area contributed by atoms with Crippen molar-refractivity contribution >= 4 is 15.7 Å². The number of ether oxygens (including phenoxy) is 1. The van der Waals surface area contributed by atoms with Crippen LogP contribution >= 0.6 is 0 Å². The molecule has 0 radical (unpaired) electrons. The van der Waals surface area contributed by atoms with E-state index in [2.05, 4.69) is 18.6 Å². The highest BCUT2D eigenvalue weighted by Gasteiger charge is 2.22. The van der Waals surface area contributed by atoms with Crippen LogP contribution in [-0.2, 0) is 10.0 Å². The van der Waals surface area contributed by atoms with Crippen molar-refractivity contribution in [1.29, 1.82) is 0 Å². The Hall–Kier alpha value is -1.27. The van der Waals surface area contributed by atoms with Crippen molar-refractivity contribution in [3.05, 3.63) is 17.7 Å². The van der Waals surface area contributed by atoms with Crippen molar-refractivity contribution in [2.75, 3.05) is 12.8 Å². The van der Waals surface area contributed by atoms with Crippen LogP contribution < -0.4 is 15.2 Å². The topological polar surface area (TPSA) is 81.4 Å². The molecule has 1 unspecified atom stereocenters. The Morgan fingerprint density at radius 1 is 1.24 bits per heavy atom. The van der Waals surface area contributed by atoms with E-state index < -0.39 is 10.0 Å². The standard InChI is InChI=1S/C15H26N2O3S/c1-10(2)6-7-12(4)17-21(18,19)15-9-13(16)11(3)8-14(15)20-5/h8-10,12,17H,6-7,16H2,1-5H3. The third-order valence-electron chi connectivity index (χ3n) is 3.38. The molecule has 5 nitrogen and oxygen atoms in total. The van der Waals surface area contributed by atoms with Gasteiger partial charge in [0.15, 0.2) is 0 Å². The zero-order valence-electron chi connectivity index (χ0n) is 13.4. The van der Waals surface area contributed by atoms with Crippen LogP contribution in [-0.4, -0.2) is 21.6 Å². The fourth-order valence-electron chi connectivity index (χ4n) is 2.02. The lowest BCUT2D eigenvalue weighted by atomic mass is 10.1. The summed E-state index contributed by atoms with van der Waals surface area (Å²) in [5, 5.41) is 0. The molecule has 1 aromatic carbocycles. The van der Waals surface area contributed by atoms with Gasteiger partial charge in [-0.15, -0.1) is 0 Å². The van der Waals surface area contributed by atoms with Crippen LogP contribution in [0.5, 0.6) is 5.75 Å². The Kier molecular flexibility index (Phi) is 6.04. The summed E-state index contributed by atoms with van der Waals surface area (Å²) in [6.07, 6.45) is 1.76. The molecule has 0 aliphatic rings.